The van der Waals surface area contributed by atoms with Crippen molar-refractivity contribution in [2.75, 3.05) is 0 Å². The highest BCUT2D eigenvalue weighted by Crippen LogP contribution is 2.29. The van der Waals surface area contributed by atoms with Crippen molar-refractivity contribution >= 4 is 15.9 Å². The van der Waals surface area contributed by atoms with Crippen molar-refractivity contribution in [2.24, 2.45) is 0 Å². The van der Waals surface area contributed by atoms with Crippen LogP contribution in [0.2, 0.25) is 0 Å². The van der Waals surface area contributed by atoms with E-state index in [9.17, 15) is 18.0 Å². The molecule has 0 saturated heterocycles. The summed E-state index contributed by atoms with van der Waals surface area (Å²) in [6.07, 6.45) is -3.68. The van der Waals surface area contributed by atoms with Crippen molar-refractivity contribution in [3.05, 3.63) is 63.0 Å². The Morgan fingerprint density at radius 3 is 2.33 bits per heavy atom. The lowest BCUT2D eigenvalue weighted by atomic mass is 10.2. The van der Waals surface area contributed by atoms with E-state index in [0.29, 0.717) is 10.2 Å². The highest BCUT2D eigenvalue weighted by molar-refractivity contribution is 9.10. The van der Waals surface area contributed by atoms with Crippen LogP contribution in [0, 0.1) is 0 Å². The Kier molecular flexibility index (Phi) is 3.30. The van der Waals surface area contributed by atoms with Crippen molar-refractivity contribution in [2.45, 2.75) is 6.18 Å². The smallest absolute Gasteiger partial charge is 0.283 e. The summed E-state index contributed by atoms with van der Waals surface area (Å²) in [4.78, 5) is 11.6. The number of alkyl halides is 3. The van der Waals surface area contributed by atoms with Gasteiger partial charge in [0.1, 0.15) is 0 Å². The van der Waals surface area contributed by atoms with Crippen LogP contribution in [0.15, 0.2) is 51.9 Å². The van der Waals surface area contributed by atoms with Gasteiger partial charge >= 0.3 is 6.18 Å². The summed E-state index contributed by atoms with van der Waals surface area (Å²) in [6, 6.07) is 8.25. The number of nitrogens with zero attached hydrogens (tertiary/aromatic N) is 1. The lowest BCUT2D eigenvalue weighted by Crippen LogP contribution is -2.20. The molecule has 1 aromatic carbocycles. The van der Waals surface area contributed by atoms with Crippen LogP contribution in [0.4, 0.5) is 13.2 Å². The second-order valence-electron chi connectivity index (χ2n) is 3.58. The molecule has 0 spiro atoms. The van der Waals surface area contributed by atoms with Gasteiger partial charge in [0.05, 0.1) is 11.3 Å². The largest absolute Gasteiger partial charge is 0.417 e. The van der Waals surface area contributed by atoms with Gasteiger partial charge in [-0.3, -0.25) is 9.36 Å². The predicted octanol–water partition coefficient (Wildman–Crippen LogP) is 3.62. The van der Waals surface area contributed by atoms with Crippen molar-refractivity contribution in [3.8, 4) is 5.69 Å². The normalized spacial score (nSPS) is 11.6. The third kappa shape index (κ3) is 2.48. The molecule has 2 aromatic rings. The topological polar surface area (TPSA) is 22.0 Å². The first-order chi connectivity index (χ1) is 8.39. The van der Waals surface area contributed by atoms with Gasteiger partial charge in [-0.2, -0.15) is 13.2 Å². The summed E-state index contributed by atoms with van der Waals surface area (Å²) in [7, 11) is 0. The molecule has 2 rings (SSSR count). The summed E-state index contributed by atoms with van der Waals surface area (Å²) in [5.41, 5.74) is -1.01. The molecule has 18 heavy (non-hydrogen) atoms. The fraction of sp³-hybridized carbons (Fsp3) is 0.0833. The molecule has 0 bridgehead atoms. The van der Waals surface area contributed by atoms with Gasteiger partial charge in [0.15, 0.2) is 0 Å². The Labute approximate surface area is 109 Å². The minimum atomic E-state index is -4.48. The van der Waals surface area contributed by atoms with Gasteiger partial charge in [-0.05, 0) is 34.1 Å². The van der Waals surface area contributed by atoms with Gasteiger partial charge in [-0.15, -0.1) is 0 Å². The minimum absolute atomic E-state index is 0.369. The van der Waals surface area contributed by atoms with E-state index < -0.39 is 17.3 Å². The molecule has 0 unspecified atom stereocenters. The highest BCUT2D eigenvalue weighted by atomic mass is 79.9. The molecule has 0 saturated carbocycles. The molecule has 6 heteroatoms. The van der Waals surface area contributed by atoms with E-state index in [1.165, 1.54) is 0 Å². The van der Waals surface area contributed by atoms with Gasteiger partial charge in [-0.25, -0.2) is 0 Å². The van der Waals surface area contributed by atoms with Gasteiger partial charge in [-0.1, -0.05) is 12.1 Å². The van der Waals surface area contributed by atoms with Crippen LogP contribution in [0.25, 0.3) is 5.69 Å². The molecule has 0 radical (unpaired) electrons. The quantitative estimate of drug-likeness (QED) is 0.787. The molecule has 0 aliphatic heterocycles. The molecular weight excluding hydrogens is 311 g/mol. The van der Waals surface area contributed by atoms with E-state index in [0.717, 1.165) is 22.9 Å². The molecule has 0 atom stereocenters. The predicted molar refractivity (Wildman–Crippen MR) is 64.7 cm³/mol. The number of hydrogen-bond donors (Lipinski definition) is 0. The molecule has 1 aromatic heterocycles. The van der Waals surface area contributed by atoms with Gasteiger partial charge in [0.2, 0.25) is 0 Å². The van der Waals surface area contributed by atoms with Crippen molar-refractivity contribution < 1.29 is 13.2 Å². The third-order valence-corrected chi connectivity index (χ3v) is 3.02. The molecule has 0 amide bonds. The third-order valence-electron chi connectivity index (χ3n) is 2.35. The molecule has 94 valence electrons. The molecular formula is C12H7BrF3NO. The summed E-state index contributed by atoms with van der Waals surface area (Å²) < 4.78 is 39.3. The van der Waals surface area contributed by atoms with E-state index in [1.807, 2.05) is 0 Å². The Bertz CT molecular complexity index is 634. The lowest BCUT2D eigenvalue weighted by molar-refractivity contribution is -0.138. The minimum Gasteiger partial charge on any atom is -0.283 e. The first kappa shape index (κ1) is 12.9. The number of rotatable bonds is 1. The second-order valence-corrected chi connectivity index (χ2v) is 4.43. The number of aromatic nitrogens is 1. The monoisotopic (exact) mass is 317 g/mol. The van der Waals surface area contributed by atoms with E-state index >= 15 is 0 Å². The fourth-order valence-corrected chi connectivity index (χ4v) is 1.97. The Hall–Kier alpha value is -1.56. The van der Waals surface area contributed by atoms with Crippen LogP contribution in [0.1, 0.15) is 5.56 Å². The van der Waals surface area contributed by atoms with Gasteiger partial charge in [0.25, 0.3) is 5.56 Å². The van der Waals surface area contributed by atoms with E-state index in [1.54, 1.807) is 24.3 Å². The van der Waals surface area contributed by atoms with Crippen LogP contribution in [-0.2, 0) is 6.18 Å². The zero-order chi connectivity index (χ0) is 13.3. The van der Waals surface area contributed by atoms with Crippen molar-refractivity contribution in [1.82, 2.24) is 4.57 Å². The zero-order valence-electron chi connectivity index (χ0n) is 8.91. The fourth-order valence-electron chi connectivity index (χ4n) is 1.49. The molecule has 0 aliphatic carbocycles. The van der Waals surface area contributed by atoms with Crippen LogP contribution in [-0.4, -0.2) is 4.57 Å². The first-order valence-corrected chi connectivity index (χ1v) is 5.74. The summed E-state index contributed by atoms with van der Waals surface area (Å²) >= 11 is 3.20. The van der Waals surface area contributed by atoms with Crippen molar-refractivity contribution in [3.63, 3.8) is 0 Å². The lowest BCUT2D eigenvalue weighted by Gasteiger charge is -2.11. The first-order valence-electron chi connectivity index (χ1n) is 4.94. The van der Waals surface area contributed by atoms with Crippen LogP contribution in [0.5, 0.6) is 0 Å². The maximum atomic E-state index is 12.6. The number of halogens is 4. The van der Waals surface area contributed by atoms with Crippen LogP contribution in [0.3, 0.4) is 0 Å². The van der Waals surface area contributed by atoms with E-state index in [2.05, 4.69) is 15.9 Å². The van der Waals surface area contributed by atoms with E-state index in [-0.39, 0.29) is 0 Å². The highest BCUT2D eigenvalue weighted by Gasteiger charge is 2.31. The molecule has 0 N–H and O–H groups in total. The SMILES string of the molecule is O=c1ccc(C(F)(F)F)cn1-c1ccccc1Br. The molecule has 0 aliphatic rings. The summed E-state index contributed by atoms with van der Waals surface area (Å²) in [6.45, 7) is 0. The second kappa shape index (κ2) is 4.61. The van der Waals surface area contributed by atoms with Crippen LogP contribution < -0.4 is 5.56 Å². The maximum absolute atomic E-state index is 12.6. The van der Waals surface area contributed by atoms with Gasteiger partial charge in [0, 0.05) is 16.7 Å². The zero-order valence-corrected chi connectivity index (χ0v) is 10.5. The Balaban J connectivity index is 2.65. The summed E-state index contributed by atoms with van der Waals surface area (Å²) in [5.74, 6) is 0. The molecule has 2 nitrogen and oxygen atoms in total. The maximum Gasteiger partial charge on any atom is 0.417 e. The number of benzene rings is 1. The average Bonchev–Trinajstić information content (AvgIpc) is 2.29. The van der Waals surface area contributed by atoms with Crippen molar-refractivity contribution in [1.29, 1.82) is 0 Å². The van der Waals surface area contributed by atoms with Gasteiger partial charge < -0.3 is 0 Å². The average molecular weight is 318 g/mol. The molecule has 1 heterocycles. The Morgan fingerprint density at radius 2 is 1.72 bits per heavy atom. The molecule has 0 fully saturated rings. The Morgan fingerprint density at radius 1 is 1.06 bits per heavy atom. The van der Waals surface area contributed by atoms with Crippen LogP contribution >= 0.6 is 15.9 Å². The standard InChI is InChI=1S/C12H7BrF3NO/c13-9-3-1-2-4-10(9)17-7-8(12(14,15)16)5-6-11(17)18/h1-7H. The van der Waals surface area contributed by atoms with E-state index in [4.69, 9.17) is 0 Å². The summed E-state index contributed by atoms with van der Waals surface area (Å²) in [5, 5.41) is 0. The number of hydrogen-bond acceptors (Lipinski definition) is 1. The number of pyridine rings is 1. The number of para-hydroxylation sites is 1.